The van der Waals surface area contributed by atoms with Crippen LogP contribution in [0.25, 0.3) is 0 Å². The summed E-state index contributed by atoms with van der Waals surface area (Å²) in [5.41, 5.74) is 6.02. The Bertz CT molecular complexity index is 287. The van der Waals surface area contributed by atoms with Gasteiger partial charge in [0, 0.05) is 19.6 Å². The molecule has 2 N–H and O–H groups in total. The van der Waals surface area contributed by atoms with Crippen LogP contribution in [0.4, 0.5) is 0 Å². The molecule has 0 bridgehead atoms. The average molecular weight is 396 g/mol. The van der Waals surface area contributed by atoms with Crippen molar-refractivity contribution in [2.75, 3.05) is 52.5 Å². The molecule has 6 heteroatoms. The second-order valence-corrected chi connectivity index (χ2v) is 5.51. The molecule has 0 saturated carbocycles. The Morgan fingerprint density at radius 1 is 1.20 bits per heavy atom. The van der Waals surface area contributed by atoms with Crippen LogP contribution in [-0.2, 0) is 4.74 Å². The Balaban J connectivity index is 0.00000200. The summed E-state index contributed by atoms with van der Waals surface area (Å²) in [7, 11) is 0. The van der Waals surface area contributed by atoms with Crippen LogP contribution in [0.15, 0.2) is 4.99 Å². The predicted octanol–water partition coefficient (Wildman–Crippen LogP) is 1.37. The van der Waals surface area contributed by atoms with E-state index >= 15 is 0 Å². The van der Waals surface area contributed by atoms with Gasteiger partial charge >= 0.3 is 0 Å². The first-order valence-corrected chi connectivity index (χ1v) is 7.64. The number of nitrogens with zero attached hydrogens (tertiary/aromatic N) is 3. The van der Waals surface area contributed by atoms with Crippen LogP contribution in [0.3, 0.4) is 0 Å². The largest absolute Gasteiger partial charge is 0.378 e. The number of ether oxygens (including phenoxy) is 1. The summed E-state index contributed by atoms with van der Waals surface area (Å²) >= 11 is 0. The molecule has 2 heterocycles. The van der Waals surface area contributed by atoms with Gasteiger partial charge in [-0.3, -0.25) is 4.99 Å². The Morgan fingerprint density at radius 2 is 1.85 bits per heavy atom. The zero-order valence-electron chi connectivity index (χ0n) is 12.6. The summed E-state index contributed by atoms with van der Waals surface area (Å²) in [5, 5.41) is 0. The van der Waals surface area contributed by atoms with E-state index in [0.29, 0.717) is 5.96 Å². The zero-order chi connectivity index (χ0) is 13.5. The highest BCUT2D eigenvalue weighted by Crippen LogP contribution is 2.20. The van der Waals surface area contributed by atoms with E-state index in [4.69, 9.17) is 10.5 Å². The fourth-order valence-electron chi connectivity index (χ4n) is 2.85. The SMILES string of the molecule is CCN1CCC(CCN=C(N)N2CCOCC2)CC1.I. The lowest BCUT2D eigenvalue weighted by Gasteiger charge is -2.31. The Labute approximate surface area is 139 Å². The number of morpholine rings is 1. The number of piperidine rings is 1. The lowest BCUT2D eigenvalue weighted by molar-refractivity contribution is 0.0674. The summed E-state index contributed by atoms with van der Waals surface area (Å²) in [6.45, 7) is 10.1. The maximum atomic E-state index is 6.02. The maximum Gasteiger partial charge on any atom is 0.191 e. The van der Waals surface area contributed by atoms with Gasteiger partial charge in [0.05, 0.1) is 13.2 Å². The van der Waals surface area contributed by atoms with E-state index in [2.05, 4.69) is 21.7 Å². The minimum atomic E-state index is 0. The molecule has 0 radical (unpaired) electrons. The maximum absolute atomic E-state index is 6.02. The van der Waals surface area contributed by atoms with Crippen molar-refractivity contribution in [1.29, 1.82) is 0 Å². The van der Waals surface area contributed by atoms with Gasteiger partial charge in [-0.2, -0.15) is 0 Å². The predicted molar refractivity (Wildman–Crippen MR) is 93.8 cm³/mol. The summed E-state index contributed by atoms with van der Waals surface area (Å²) in [6, 6.07) is 0. The molecule has 2 rings (SSSR count). The van der Waals surface area contributed by atoms with Crippen molar-refractivity contribution in [3.05, 3.63) is 0 Å². The van der Waals surface area contributed by atoms with E-state index in [0.717, 1.165) is 38.8 Å². The van der Waals surface area contributed by atoms with Gasteiger partial charge in [-0.1, -0.05) is 6.92 Å². The molecular formula is C14H29IN4O. The normalized spacial score (nSPS) is 22.6. The fraction of sp³-hybridized carbons (Fsp3) is 0.929. The second-order valence-electron chi connectivity index (χ2n) is 5.51. The molecule has 2 saturated heterocycles. The number of hydrogen-bond donors (Lipinski definition) is 1. The van der Waals surface area contributed by atoms with E-state index in [-0.39, 0.29) is 24.0 Å². The standard InChI is InChI=1S/C14H28N4O.HI/c1-2-17-7-4-13(5-8-17)3-6-16-14(15)18-9-11-19-12-10-18;/h13H,2-12H2,1H3,(H2,15,16);1H. The topological polar surface area (TPSA) is 54.1 Å². The number of aliphatic imine (C=N–C) groups is 1. The van der Waals surface area contributed by atoms with Crippen LogP contribution < -0.4 is 5.73 Å². The van der Waals surface area contributed by atoms with E-state index in [1.165, 1.54) is 38.9 Å². The Morgan fingerprint density at radius 3 is 2.45 bits per heavy atom. The van der Waals surface area contributed by atoms with Crippen LogP contribution in [0.2, 0.25) is 0 Å². The fourth-order valence-corrected chi connectivity index (χ4v) is 2.85. The van der Waals surface area contributed by atoms with Crippen molar-refractivity contribution < 1.29 is 4.74 Å². The van der Waals surface area contributed by atoms with E-state index < -0.39 is 0 Å². The molecule has 0 aromatic rings. The quantitative estimate of drug-likeness (QED) is 0.443. The number of halogens is 1. The van der Waals surface area contributed by atoms with Gasteiger partial charge in [-0.15, -0.1) is 24.0 Å². The molecule has 2 aliphatic rings. The highest BCUT2D eigenvalue weighted by molar-refractivity contribution is 14.0. The highest BCUT2D eigenvalue weighted by atomic mass is 127. The molecular weight excluding hydrogens is 367 g/mol. The molecule has 0 atom stereocenters. The summed E-state index contributed by atoms with van der Waals surface area (Å²) in [6.07, 6.45) is 3.82. The molecule has 5 nitrogen and oxygen atoms in total. The first-order chi connectivity index (χ1) is 9.29. The molecule has 0 spiro atoms. The van der Waals surface area contributed by atoms with Gasteiger partial charge in [0.15, 0.2) is 5.96 Å². The van der Waals surface area contributed by atoms with Crippen LogP contribution in [-0.4, -0.2) is 68.2 Å². The van der Waals surface area contributed by atoms with Gasteiger partial charge < -0.3 is 20.3 Å². The van der Waals surface area contributed by atoms with Crippen molar-refractivity contribution in [3.63, 3.8) is 0 Å². The number of hydrogen-bond acceptors (Lipinski definition) is 3. The summed E-state index contributed by atoms with van der Waals surface area (Å²) < 4.78 is 5.31. The van der Waals surface area contributed by atoms with E-state index in [9.17, 15) is 0 Å². The Kier molecular flexibility index (Phi) is 8.79. The molecule has 118 valence electrons. The van der Waals surface area contributed by atoms with Gasteiger partial charge in [0.1, 0.15) is 0 Å². The number of guanidine groups is 1. The smallest absolute Gasteiger partial charge is 0.191 e. The molecule has 20 heavy (non-hydrogen) atoms. The van der Waals surface area contributed by atoms with Crippen molar-refractivity contribution in [1.82, 2.24) is 9.80 Å². The molecule has 2 aliphatic heterocycles. The highest BCUT2D eigenvalue weighted by Gasteiger charge is 2.17. The lowest BCUT2D eigenvalue weighted by atomic mass is 9.94. The minimum Gasteiger partial charge on any atom is -0.378 e. The van der Waals surface area contributed by atoms with Crippen molar-refractivity contribution >= 4 is 29.9 Å². The molecule has 0 aromatic heterocycles. The van der Waals surface area contributed by atoms with Crippen molar-refractivity contribution in [3.8, 4) is 0 Å². The third-order valence-corrected chi connectivity index (χ3v) is 4.30. The van der Waals surface area contributed by atoms with Gasteiger partial charge in [-0.05, 0) is 44.8 Å². The van der Waals surface area contributed by atoms with Crippen LogP contribution in [0.5, 0.6) is 0 Å². The zero-order valence-corrected chi connectivity index (χ0v) is 14.9. The van der Waals surface area contributed by atoms with Gasteiger partial charge in [0.2, 0.25) is 0 Å². The van der Waals surface area contributed by atoms with Crippen LogP contribution in [0, 0.1) is 5.92 Å². The molecule has 2 fully saturated rings. The molecule has 0 unspecified atom stereocenters. The van der Waals surface area contributed by atoms with E-state index in [1.54, 1.807) is 0 Å². The van der Waals surface area contributed by atoms with Crippen LogP contribution >= 0.6 is 24.0 Å². The van der Waals surface area contributed by atoms with Gasteiger partial charge in [0.25, 0.3) is 0 Å². The summed E-state index contributed by atoms with van der Waals surface area (Å²) in [5.74, 6) is 1.54. The first kappa shape index (κ1) is 18.0. The molecule has 0 aliphatic carbocycles. The van der Waals surface area contributed by atoms with Gasteiger partial charge in [-0.25, -0.2) is 0 Å². The van der Waals surface area contributed by atoms with Crippen molar-refractivity contribution in [2.45, 2.75) is 26.2 Å². The first-order valence-electron chi connectivity index (χ1n) is 7.64. The minimum absolute atomic E-state index is 0. The second kappa shape index (κ2) is 9.78. The number of likely N-dealkylation sites (tertiary alicyclic amines) is 1. The average Bonchev–Trinajstić information content (AvgIpc) is 2.49. The third-order valence-electron chi connectivity index (χ3n) is 4.30. The number of rotatable bonds is 4. The lowest BCUT2D eigenvalue weighted by Crippen LogP contribution is -2.44. The monoisotopic (exact) mass is 396 g/mol. The number of nitrogens with two attached hydrogens (primary N) is 1. The third kappa shape index (κ3) is 5.73. The van der Waals surface area contributed by atoms with Crippen LogP contribution in [0.1, 0.15) is 26.2 Å². The molecule has 0 amide bonds. The van der Waals surface area contributed by atoms with Crippen molar-refractivity contribution in [2.24, 2.45) is 16.6 Å². The Hall–Kier alpha value is -0.0800. The summed E-state index contributed by atoms with van der Waals surface area (Å²) in [4.78, 5) is 9.19. The van der Waals surface area contributed by atoms with E-state index in [1.807, 2.05) is 0 Å². The molecule has 0 aromatic carbocycles.